The summed E-state index contributed by atoms with van der Waals surface area (Å²) in [6.07, 6.45) is 3.28. The molecule has 1 aromatic carbocycles. The van der Waals surface area contributed by atoms with Crippen LogP contribution in [0.3, 0.4) is 0 Å². The van der Waals surface area contributed by atoms with Gasteiger partial charge in [0.15, 0.2) is 5.78 Å². The molecule has 3 rings (SSSR count). The fraction of sp³-hybridized carbons (Fsp3) is 0.294. The van der Waals surface area contributed by atoms with Crippen LogP contribution in [0.5, 0.6) is 0 Å². The molecule has 0 saturated heterocycles. The molecular formula is C17H15BrN2O. The van der Waals surface area contributed by atoms with Gasteiger partial charge in [0.1, 0.15) is 6.07 Å². The van der Waals surface area contributed by atoms with E-state index in [-0.39, 0.29) is 11.2 Å². The molecule has 0 N–H and O–H groups in total. The smallest absolute Gasteiger partial charge is 0.166 e. The lowest BCUT2D eigenvalue weighted by Crippen LogP contribution is -2.28. The van der Waals surface area contributed by atoms with Crippen LogP contribution in [-0.2, 0) is 6.42 Å². The Balaban J connectivity index is 2.26. The molecular weight excluding hydrogens is 328 g/mol. The van der Waals surface area contributed by atoms with E-state index < -0.39 is 0 Å². The molecule has 0 unspecified atom stereocenters. The number of nitriles is 1. The molecule has 0 bridgehead atoms. The van der Waals surface area contributed by atoms with Crippen LogP contribution in [0, 0.1) is 16.7 Å². The molecule has 1 heterocycles. The average molecular weight is 343 g/mol. The predicted molar refractivity (Wildman–Crippen MR) is 84.6 cm³/mol. The van der Waals surface area contributed by atoms with Gasteiger partial charge in [-0.15, -0.1) is 0 Å². The van der Waals surface area contributed by atoms with Crippen molar-refractivity contribution in [2.75, 3.05) is 0 Å². The van der Waals surface area contributed by atoms with Crippen LogP contribution in [0.4, 0.5) is 0 Å². The number of rotatable bonds is 1. The quantitative estimate of drug-likeness (QED) is 0.776. The van der Waals surface area contributed by atoms with Crippen molar-refractivity contribution in [1.29, 1.82) is 5.26 Å². The Labute approximate surface area is 132 Å². The Kier molecular flexibility index (Phi) is 3.26. The number of benzene rings is 1. The van der Waals surface area contributed by atoms with Gasteiger partial charge in [0.25, 0.3) is 0 Å². The van der Waals surface area contributed by atoms with E-state index in [4.69, 9.17) is 0 Å². The van der Waals surface area contributed by atoms with Crippen molar-refractivity contribution < 1.29 is 4.79 Å². The van der Waals surface area contributed by atoms with E-state index in [1.54, 1.807) is 6.07 Å². The fourth-order valence-electron chi connectivity index (χ4n) is 3.01. The number of hydrogen-bond donors (Lipinski definition) is 0. The van der Waals surface area contributed by atoms with Crippen LogP contribution >= 0.6 is 15.9 Å². The SMILES string of the molecule is CC1(C)CC(=O)c2c(Br)cn(-c3ccccc3C#N)c2C1. The maximum Gasteiger partial charge on any atom is 0.166 e. The first-order chi connectivity index (χ1) is 9.93. The molecule has 0 aliphatic heterocycles. The van der Waals surface area contributed by atoms with Gasteiger partial charge in [0.2, 0.25) is 0 Å². The van der Waals surface area contributed by atoms with Crippen molar-refractivity contribution in [3.05, 3.63) is 51.8 Å². The number of carbonyl (C=O) groups is 1. The zero-order valence-corrected chi connectivity index (χ0v) is 13.6. The standard InChI is InChI=1S/C17H15BrN2O/c1-17(2)7-14-16(15(21)8-17)12(18)10-20(14)13-6-4-3-5-11(13)9-19/h3-6,10H,7-8H2,1-2H3. The molecule has 0 spiro atoms. The Morgan fingerprint density at radius 3 is 2.71 bits per heavy atom. The lowest BCUT2D eigenvalue weighted by Gasteiger charge is -2.30. The summed E-state index contributed by atoms with van der Waals surface area (Å²) in [5.74, 6) is 0.168. The van der Waals surface area contributed by atoms with Crippen LogP contribution < -0.4 is 0 Å². The maximum absolute atomic E-state index is 12.4. The highest BCUT2D eigenvalue weighted by atomic mass is 79.9. The van der Waals surface area contributed by atoms with Crippen LogP contribution in [0.1, 0.15) is 41.9 Å². The van der Waals surface area contributed by atoms with Gasteiger partial charge < -0.3 is 4.57 Å². The summed E-state index contributed by atoms with van der Waals surface area (Å²) in [6, 6.07) is 9.69. The molecule has 0 atom stereocenters. The third-order valence-electron chi connectivity index (χ3n) is 3.91. The number of ketones is 1. The fourth-order valence-corrected chi connectivity index (χ4v) is 3.67. The third-order valence-corrected chi connectivity index (χ3v) is 4.51. The van der Waals surface area contributed by atoms with E-state index in [2.05, 4.69) is 35.8 Å². The zero-order chi connectivity index (χ0) is 15.2. The molecule has 1 aliphatic carbocycles. The van der Waals surface area contributed by atoms with Crippen molar-refractivity contribution in [3.63, 3.8) is 0 Å². The minimum absolute atomic E-state index is 0.0544. The van der Waals surface area contributed by atoms with Crippen LogP contribution in [-0.4, -0.2) is 10.4 Å². The first kappa shape index (κ1) is 14.1. The van der Waals surface area contributed by atoms with Crippen molar-refractivity contribution in [2.24, 2.45) is 5.41 Å². The Bertz CT molecular complexity index is 781. The number of nitrogens with zero attached hydrogens (tertiary/aromatic N) is 2. The Morgan fingerprint density at radius 1 is 1.29 bits per heavy atom. The van der Waals surface area contributed by atoms with Crippen molar-refractivity contribution in [3.8, 4) is 11.8 Å². The molecule has 0 saturated carbocycles. The normalized spacial score (nSPS) is 16.4. The molecule has 1 aliphatic rings. The highest BCUT2D eigenvalue weighted by Crippen LogP contribution is 2.40. The molecule has 4 heteroatoms. The summed E-state index contributed by atoms with van der Waals surface area (Å²) in [5, 5.41) is 9.30. The summed E-state index contributed by atoms with van der Waals surface area (Å²) in [6.45, 7) is 4.21. The first-order valence-electron chi connectivity index (χ1n) is 6.85. The summed E-state index contributed by atoms with van der Waals surface area (Å²) in [7, 11) is 0. The van der Waals surface area contributed by atoms with Gasteiger partial charge in [-0.3, -0.25) is 4.79 Å². The maximum atomic E-state index is 12.4. The largest absolute Gasteiger partial charge is 0.318 e. The number of fused-ring (bicyclic) bond motifs is 1. The number of aromatic nitrogens is 1. The number of para-hydroxylation sites is 1. The van der Waals surface area contributed by atoms with E-state index in [1.165, 1.54) is 0 Å². The van der Waals surface area contributed by atoms with Gasteiger partial charge in [0, 0.05) is 22.8 Å². The highest BCUT2D eigenvalue weighted by molar-refractivity contribution is 9.10. The molecule has 106 valence electrons. The number of halogens is 1. The molecule has 0 amide bonds. The second-order valence-corrected chi connectivity index (χ2v) is 7.09. The summed E-state index contributed by atoms with van der Waals surface area (Å²) in [4.78, 5) is 12.4. The lowest BCUT2D eigenvalue weighted by atomic mass is 9.76. The summed E-state index contributed by atoms with van der Waals surface area (Å²) < 4.78 is 2.79. The molecule has 2 aromatic rings. The highest BCUT2D eigenvalue weighted by Gasteiger charge is 2.35. The number of Topliss-reactive ketones (excluding diaryl/α,β-unsaturated/α-hetero) is 1. The van der Waals surface area contributed by atoms with Gasteiger partial charge in [-0.1, -0.05) is 26.0 Å². The number of hydrogen-bond acceptors (Lipinski definition) is 2. The average Bonchev–Trinajstić information content (AvgIpc) is 2.74. The minimum Gasteiger partial charge on any atom is -0.318 e. The predicted octanol–water partition coefficient (Wildman–Crippen LogP) is 4.27. The Morgan fingerprint density at radius 2 is 2.00 bits per heavy atom. The van der Waals surface area contributed by atoms with Gasteiger partial charge in [-0.2, -0.15) is 5.26 Å². The van der Waals surface area contributed by atoms with Gasteiger partial charge in [-0.05, 0) is 39.9 Å². The van der Waals surface area contributed by atoms with Crippen molar-refractivity contribution in [1.82, 2.24) is 4.57 Å². The van der Waals surface area contributed by atoms with Crippen LogP contribution in [0.15, 0.2) is 34.9 Å². The van der Waals surface area contributed by atoms with Crippen molar-refractivity contribution in [2.45, 2.75) is 26.7 Å². The van der Waals surface area contributed by atoms with Gasteiger partial charge >= 0.3 is 0 Å². The molecule has 3 nitrogen and oxygen atoms in total. The van der Waals surface area contributed by atoms with E-state index in [0.717, 1.165) is 27.8 Å². The lowest BCUT2D eigenvalue weighted by molar-refractivity contribution is 0.0910. The van der Waals surface area contributed by atoms with Crippen LogP contribution in [0.25, 0.3) is 5.69 Å². The van der Waals surface area contributed by atoms with Crippen molar-refractivity contribution >= 4 is 21.7 Å². The zero-order valence-electron chi connectivity index (χ0n) is 12.0. The third kappa shape index (κ3) is 2.32. The van der Waals surface area contributed by atoms with E-state index >= 15 is 0 Å². The molecule has 1 aromatic heterocycles. The van der Waals surface area contributed by atoms with Gasteiger partial charge in [0.05, 0.1) is 16.8 Å². The molecule has 21 heavy (non-hydrogen) atoms. The second-order valence-electron chi connectivity index (χ2n) is 6.24. The summed E-state index contributed by atoms with van der Waals surface area (Å²) >= 11 is 3.50. The van der Waals surface area contributed by atoms with Gasteiger partial charge in [-0.25, -0.2) is 0 Å². The van der Waals surface area contributed by atoms with E-state index in [9.17, 15) is 10.1 Å². The molecule has 0 fully saturated rings. The monoisotopic (exact) mass is 342 g/mol. The number of carbonyl (C=O) groups excluding carboxylic acids is 1. The Hall–Kier alpha value is -1.86. The molecule has 0 radical (unpaired) electrons. The van der Waals surface area contributed by atoms with Crippen LogP contribution in [0.2, 0.25) is 0 Å². The second kappa shape index (κ2) is 4.85. The minimum atomic E-state index is -0.0544. The summed E-state index contributed by atoms with van der Waals surface area (Å²) in [5.41, 5.74) is 3.14. The first-order valence-corrected chi connectivity index (χ1v) is 7.65. The topological polar surface area (TPSA) is 45.8 Å². The van der Waals surface area contributed by atoms with E-state index in [0.29, 0.717) is 12.0 Å². The van der Waals surface area contributed by atoms with E-state index in [1.807, 2.05) is 29.0 Å².